The molecule has 15 heavy (non-hydrogen) atoms. The number of benzene rings is 1. The van der Waals surface area contributed by atoms with Crippen LogP contribution in [0.5, 0.6) is 5.75 Å². The van der Waals surface area contributed by atoms with Crippen LogP contribution in [-0.4, -0.2) is 24.2 Å². The zero-order chi connectivity index (χ0) is 11.4. The van der Waals surface area contributed by atoms with Gasteiger partial charge < -0.3 is 15.2 Å². The van der Waals surface area contributed by atoms with E-state index in [0.717, 1.165) is 11.3 Å². The highest BCUT2D eigenvalue weighted by molar-refractivity contribution is 5.78. The lowest BCUT2D eigenvalue weighted by Crippen LogP contribution is -2.27. The molecule has 0 fully saturated rings. The molecule has 1 unspecified atom stereocenters. The van der Waals surface area contributed by atoms with Gasteiger partial charge >= 0.3 is 5.97 Å². The van der Waals surface area contributed by atoms with E-state index in [1.54, 1.807) is 32.0 Å². The first-order valence-corrected chi connectivity index (χ1v) is 4.68. The number of phenols is 1. The smallest absolute Gasteiger partial charge is 0.327 e. The van der Waals surface area contributed by atoms with Crippen LogP contribution < -0.4 is 5.32 Å². The van der Waals surface area contributed by atoms with Crippen molar-refractivity contribution in [2.75, 3.05) is 12.4 Å². The highest BCUT2D eigenvalue weighted by Gasteiger charge is 2.12. The molecule has 0 aromatic heterocycles. The molecular formula is C11H15NO3. The molecule has 0 aliphatic rings. The fourth-order valence-electron chi connectivity index (χ4n) is 1.23. The normalized spacial score (nSPS) is 11.9. The molecule has 82 valence electrons. The fourth-order valence-corrected chi connectivity index (χ4v) is 1.23. The topological polar surface area (TPSA) is 58.6 Å². The number of phenolic OH excluding ortho intramolecular Hbond substituents is 1. The summed E-state index contributed by atoms with van der Waals surface area (Å²) in [6, 6.07) is 4.66. The largest absolute Gasteiger partial charge is 0.508 e. The van der Waals surface area contributed by atoms with Gasteiger partial charge in [0.2, 0.25) is 0 Å². The number of ether oxygens (including phenoxy) is 1. The van der Waals surface area contributed by atoms with Gasteiger partial charge in [-0.15, -0.1) is 0 Å². The molecule has 4 heteroatoms. The second-order valence-electron chi connectivity index (χ2n) is 3.39. The summed E-state index contributed by atoms with van der Waals surface area (Å²) in [7, 11) is 1.35. The van der Waals surface area contributed by atoms with Gasteiger partial charge in [-0.25, -0.2) is 4.79 Å². The number of aromatic hydroxyl groups is 1. The Kier molecular flexibility index (Phi) is 3.55. The summed E-state index contributed by atoms with van der Waals surface area (Å²) in [5.41, 5.74) is 1.54. The van der Waals surface area contributed by atoms with Crippen molar-refractivity contribution in [2.45, 2.75) is 19.9 Å². The maximum absolute atomic E-state index is 11.1. The van der Waals surface area contributed by atoms with E-state index in [9.17, 15) is 9.90 Å². The predicted octanol–water partition coefficient (Wildman–Crippen LogP) is 1.67. The van der Waals surface area contributed by atoms with E-state index in [1.807, 2.05) is 0 Å². The van der Waals surface area contributed by atoms with Gasteiger partial charge in [0.1, 0.15) is 11.8 Å². The number of methoxy groups -OCH3 is 1. The Morgan fingerprint density at radius 1 is 1.53 bits per heavy atom. The monoisotopic (exact) mass is 209 g/mol. The van der Waals surface area contributed by atoms with Gasteiger partial charge in [0.05, 0.1) is 7.11 Å². The number of anilines is 1. The van der Waals surface area contributed by atoms with Crippen molar-refractivity contribution >= 4 is 11.7 Å². The Labute approximate surface area is 88.9 Å². The average molecular weight is 209 g/mol. The molecule has 0 heterocycles. The number of esters is 1. The standard InChI is InChI=1S/C11H15NO3/c1-7-6-9(4-5-10(7)13)12-8(2)11(14)15-3/h4-6,8,12-13H,1-3H3. The van der Waals surface area contributed by atoms with Crippen molar-refractivity contribution in [2.24, 2.45) is 0 Å². The average Bonchev–Trinajstić information content (AvgIpc) is 2.22. The molecule has 0 radical (unpaired) electrons. The van der Waals surface area contributed by atoms with Crippen LogP contribution in [0.15, 0.2) is 18.2 Å². The summed E-state index contributed by atoms with van der Waals surface area (Å²) < 4.78 is 4.59. The van der Waals surface area contributed by atoms with Gasteiger partial charge in [0.25, 0.3) is 0 Å². The van der Waals surface area contributed by atoms with Gasteiger partial charge in [-0.05, 0) is 37.6 Å². The van der Waals surface area contributed by atoms with Gasteiger partial charge in [0, 0.05) is 5.69 Å². The second kappa shape index (κ2) is 4.68. The summed E-state index contributed by atoms with van der Waals surface area (Å²) in [5, 5.41) is 12.3. The Bertz CT molecular complexity index is 363. The summed E-state index contributed by atoms with van der Waals surface area (Å²) >= 11 is 0. The minimum absolute atomic E-state index is 0.242. The van der Waals surface area contributed by atoms with Crippen LogP contribution in [0.3, 0.4) is 0 Å². The van der Waals surface area contributed by atoms with Gasteiger partial charge in [-0.3, -0.25) is 0 Å². The number of nitrogens with one attached hydrogen (secondary N) is 1. The van der Waals surface area contributed by atoms with Gasteiger partial charge in [-0.1, -0.05) is 0 Å². The molecule has 1 rings (SSSR count). The highest BCUT2D eigenvalue weighted by Crippen LogP contribution is 2.20. The Morgan fingerprint density at radius 3 is 2.73 bits per heavy atom. The zero-order valence-electron chi connectivity index (χ0n) is 9.07. The van der Waals surface area contributed by atoms with Crippen molar-refractivity contribution < 1.29 is 14.6 Å². The molecule has 0 spiro atoms. The van der Waals surface area contributed by atoms with Gasteiger partial charge in [0.15, 0.2) is 0 Å². The maximum atomic E-state index is 11.1. The van der Waals surface area contributed by atoms with Crippen LogP contribution in [0.25, 0.3) is 0 Å². The molecule has 4 nitrogen and oxygen atoms in total. The summed E-state index contributed by atoms with van der Waals surface area (Å²) in [5.74, 6) is -0.0769. The van der Waals surface area contributed by atoms with Crippen LogP contribution in [0.2, 0.25) is 0 Å². The van der Waals surface area contributed by atoms with Crippen molar-refractivity contribution in [3.05, 3.63) is 23.8 Å². The van der Waals surface area contributed by atoms with E-state index in [2.05, 4.69) is 10.1 Å². The van der Waals surface area contributed by atoms with Gasteiger partial charge in [-0.2, -0.15) is 0 Å². The van der Waals surface area contributed by atoms with E-state index >= 15 is 0 Å². The van der Waals surface area contributed by atoms with E-state index in [0.29, 0.717) is 0 Å². The highest BCUT2D eigenvalue weighted by atomic mass is 16.5. The summed E-state index contributed by atoms with van der Waals surface area (Å²) in [6.07, 6.45) is 0. The Morgan fingerprint density at radius 2 is 2.20 bits per heavy atom. The molecule has 1 atom stereocenters. The van der Waals surface area contributed by atoms with E-state index in [-0.39, 0.29) is 11.7 Å². The predicted molar refractivity (Wildman–Crippen MR) is 57.9 cm³/mol. The molecule has 0 bridgehead atoms. The third-order valence-electron chi connectivity index (χ3n) is 2.13. The third-order valence-corrected chi connectivity index (χ3v) is 2.13. The number of aryl methyl sites for hydroxylation is 1. The van der Waals surface area contributed by atoms with Crippen LogP contribution >= 0.6 is 0 Å². The molecule has 1 aromatic carbocycles. The first kappa shape index (κ1) is 11.4. The minimum Gasteiger partial charge on any atom is -0.508 e. The SMILES string of the molecule is COC(=O)C(C)Nc1ccc(O)c(C)c1. The second-order valence-corrected chi connectivity index (χ2v) is 3.39. The van der Waals surface area contributed by atoms with Crippen molar-refractivity contribution in [1.82, 2.24) is 0 Å². The summed E-state index contributed by atoms with van der Waals surface area (Å²) in [4.78, 5) is 11.1. The lowest BCUT2D eigenvalue weighted by Gasteiger charge is -2.13. The molecule has 0 aliphatic carbocycles. The molecule has 0 saturated carbocycles. The molecule has 0 amide bonds. The first-order valence-electron chi connectivity index (χ1n) is 4.68. The van der Waals surface area contributed by atoms with Crippen molar-refractivity contribution in [3.8, 4) is 5.75 Å². The van der Waals surface area contributed by atoms with Crippen LogP contribution in [0, 0.1) is 6.92 Å². The summed E-state index contributed by atoms with van der Waals surface area (Å²) in [6.45, 7) is 3.51. The number of hydrogen-bond acceptors (Lipinski definition) is 4. The minimum atomic E-state index is -0.404. The first-order chi connectivity index (χ1) is 7.04. The van der Waals surface area contributed by atoms with Crippen LogP contribution in [0.4, 0.5) is 5.69 Å². The number of rotatable bonds is 3. The lowest BCUT2D eigenvalue weighted by atomic mass is 10.2. The molecule has 0 saturated heterocycles. The fraction of sp³-hybridized carbons (Fsp3) is 0.364. The number of carbonyl (C=O) groups is 1. The molecule has 1 aromatic rings. The number of carbonyl (C=O) groups excluding carboxylic acids is 1. The van der Waals surface area contributed by atoms with Crippen molar-refractivity contribution in [1.29, 1.82) is 0 Å². The third kappa shape index (κ3) is 2.87. The Balaban J connectivity index is 2.73. The van der Waals surface area contributed by atoms with Crippen LogP contribution in [-0.2, 0) is 9.53 Å². The Hall–Kier alpha value is -1.71. The molecular weight excluding hydrogens is 194 g/mol. The maximum Gasteiger partial charge on any atom is 0.327 e. The quantitative estimate of drug-likeness (QED) is 0.587. The van der Waals surface area contributed by atoms with E-state index in [1.165, 1.54) is 7.11 Å². The van der Waals surface area contributed by atoms with Crippen LogP contribution in [0.1, 0.15) is 12.5 Å². The van der Waals surface area contributed by atoms with E-state index in [4.69, 9.17) is 0 Å². The molecule has 2 N–H and O–H groups in total. The van der Waals surface area contributed by atoms with E-state index < -0.39 is 6.04 Å². The lowest BCUT2D eigenvalue weighted by molar-refractivity contribution is -0.141. The molecule has 0 aliphatic heterocycles. The number of hydrogen-bond donors (Lipinski definition) is 2. The zero-order valence-corrected chi connectivity index (χ0v) is 9.07. The van der Waals surface area contributed by atoms with Crippen molar-refractivity contribution in [3.63, 3.8) is 0 Å².